The van der Waals surface area contributed by atoms with Crippen LogP contribution in [0.5, 0.6) is 0 Å². The van der Waals surface area contributed by atoms with Crippen molar-refractivity contribution < 1.29 is 0 Å². The first kappa shape index (κ1) is 51.1. The summed E-state index contributed by atoms with van der Waals surface area (Å²) in [6.07, 6.45) is -2.79. The van der Waals surface area contributed by atoms with Gasteiger partial charge in [0, 0.05) is 15.2 Å². The van der Waals surface area contributed by atoms with Crippen LogP contribution in [0.15, 0.2) is 72.1 Å². The average Bonchev–Trinajstić information content (AvgIpc) is 3.47. The number of fused-ring (bicyclic) bond motifs is 2. The summed E-state index contributed by atoms with van der Waals surface area (Å²) in [6, 6.07) is 24.7. The van der Waals surface area contributed by atoms with Crippen molar-refractivity contribution in [2.45, 2.75) is 233 Å². The van der Waals surface area contributed by atoms with E-state index in [9.17, 15) is 0 Å². The fraction of sp³-hybridized carbons (Fsp3) is 0.692. The van der Waals surface area contributed by atoms with Crippen LogP contribution in [-0.4, -0.2) is 50.7 Å². The van der Waals surface area contributed by atoms with Crippen LogP contribution in [0.4, 0.5) is 0 Å². The molecule has 2 unspecified atom stereocenters. The molecule has 0 radical (unpaired) electrons. The Morgan fingerprint density at radius 1 is 0.288 bits per heavy atom. The zero-order valence-electron chi connectivity index (χ0n) is 44.4. The lowest BCUT2D eigenvalue weighted by molar-refractivity contribution is 0.623. The van der Waals surface area contributed by atoms with Gasteiger partial charge in [0.15, 0.2) is 0 Å². The van der Waals surface area contributed by atoms with E-state index >= 15 is 0 Å². The van der Waals surface area contributed by atoms with E-state index in [2.05, 4.69) is 264 Å². The molecule has 2 aromatic carbocycles. The van der Waals surface area contributed by atoms with Crippen LogP contribution >= 0.6 is 0 Å². The van der Waals surface area contributed by atoms with Gasteiger partial charge in [0.2, 0.25) is 0 Å². The van der Waals surface area contributed by atoms with Gasteiger partial charge in [-0.1, -0.05) is 275 Å². The van der Waals surface area contributed by atoms with Crippen LogP contribution in [0.2, 0.25) is 66.5 Å². The molecule has 0 aromatic heterocycles. The van der Waals surface area contributed by atoms with Gasteiger partial charge in [-0.25, -0.2) is 0 Å². The van der Waals surface area contributed by atoms with Crippen molar-refractivity contribution in [2.75, 3.05) is 0 Å². The van der Waals surface area contributed by atoms with Gasteiger partial charge in [-0.3, -0.25) is 0 Å². The normalized spacial score (nSPS) is 23.1. The van der Waals surface area contributed by atoms with Crippen molar-refractivity contribution in [3.63, 3.8) is 0 Å². The van der Waals surface area contributed by atoms with Crippen LogP contribution in [0.3, 0.4) is 0 Å². The molecule has 2 atom stereocenters. The molecule has 4 rings (SSSR count). The molecule has 2 aliphatic heterocycles. The second-order valence-corrected chi connectivity index (χ2v) is 98.6. The number of benzene rings is 2. The molecule has 0 saturated heterocycles. The first-order chi connectivity index (χ1) is 25.9. The van der Waals surface area contributed by atoms with Crippen molar-refractivity contribution in [1.82, 2.24) is 0 Å². The standard InChI is InChI=1S/C52H96Si7/c1-45(2,3)53(25,46(4,5)6)57-39-44(42-37-33-30-34-38-42)58(40-43(57)41-35-31-29-32-36-41,54(26,47(7,8)9)48(10,11)12)59(57,55(27,49(13,14)15)50(16,17)18)56(28,51(19,20)21)52(22,23)24/h29-40H,1-28H3. The molecule has 0 nitrogen and oxygen atoms in total. The highest BCUT2D eigenvalue weighted by Crippen LogP contribution is 2.81. The van der Waals surface area contributed by atoms with Gasteiger partial charge in [-0.05, 0) is 51.4 Å². The molecule has 59 heavy (non-hydrogen) atoms. The molecular weight excluding hydrogens is 821 g/mol. The Bertz CT molecular complexity index is 1730. The predicted octanol–water partition coefficient (Wildman–Crippen LogP) is 17.9. The monoisotopic (exact) mass is 917 g/mol. The smallest absolute Gasteiger partial charge is 0.0904 e. The predicted molar refractivity (Wildman–Crippen MR) is 290 cm³/mol. The third kappa shape index (κ3) is 6.01. The summed E-state index contributed by atoms with van der Waals surface area (Å²) < 4.78 is 0. The van der Waals surface area contributed by atoms with E-state index < -0.39 is 50.7 Å². The average molecular weight is 918 g/mol. The third-order valence-corrected chi connectivity index (χ3v) is 183. The van der Waals surface area contributed by atoms with Crippen molar-refractivity contribution in [1.29, 1.82) is 0 Å². The van der Waals surface area contributed by atoms with Crippen LogP contribution in [0.25, 0.3) is 10.4 Å². The molecule has 0 aliphatic carbocycles. The Balaban J connectivity index is 2.93. The largest absolute Gasteiger partial charge is 0.0950 e. The summed E-state index contributed by atoms with van der Waals surface area (Å²) in [6.45, 7) is 79.7. The molecule has 0 saturated carbocycles. The first-order valence-corrected chi connectivity index (χ1v) is 45.6. The van der Waals surface area contributed by atoms with Crippen LogP contribution < -0.4 is 0 Å². The molecule has 7 heteroatoms. The summed E-state index contributed by atoms with van der Waals surface area (Å²) in [5.74, 6) is 0. The lowest BCUT2D eigenvalue weighted by Gasteiger charge is -2.81. The van der Waals surface area contributed by atoms with Gasteiger partial charge in [0.1, 0.15) is 0 Å². The summed E-state index contributed by atoms with van der Waals surface area (Å²) in [4.78, 5) is 0. The number of hydrogen-bond donors (Lipinski definition) is 0. The molecule has 0 amide bonds. The Kier molecular flexibility index (Phi) is 12.3. The topological polar surface area (TPSA) is 0 Å². The maximum atomic E-state index is 3.46. The Morgan fingerprint density at radius 3 is 0.644 bits per heavy atom. The number of hydrogen-bond acceptors (Lipinski definition) is 0. The molecule has 0 fully saturated rings. The molecule has 332 valence electrons. The SMILES string of the molecule is CC(C)(C)[Si](C)(C(C)(C)C)[Si]12C=C(c3ccccc3)[Si]([Si](C)(C(C)(C)C)C(C)(C)C)(C=C1c1ccccc1)[Si]2([Si](C)(C(C)(C)C)C(C)(C)C)[Si](C)(C(C)(C)C)C(C)(C)C. The van der Waals surface area contributed by atoms with Gasteiger partial charge in [-0.15, -0.1) is 0 Å². The second kappa shape index (κ2) is 14.2. The highest BCUT2D eigenvalue weighted by atomic mass is 30.3. The highest BCUT2D eigenvalue weighted by Gasteiger charge is 2.97. The van der Waals surface area contributed by atoms with E-state index in [1.807, 2.05) is 10.4 Å². The second-order valence-electron chi connectivity index (χ2n) is 28.7. The van der Waals surface area contributed by atoms with E-state index in [1.54, 1.807) is 11.1 Å². The van der Waals surface area contributed by atoms with Crippen molar-refractivity contribution in [2.24, 2.45) is 0 Å². The van der Waals surface area contributed by atoms with Crippen molar-refractivity contribution in [3.05, 3.63) is 83.2 Å². The lowest BCUT2D eigenvalue weighted by Crippen LogP contribution is -3.05. The van der Waals surface area contributed by atoms with Gasteiger partial charge in [0.25, 0.3) is 0 Å². The zero-order chi connectivity index (χ0) is 46.3. The highest BCUT2D eigenvalue weighted by molar-refractivity contribution is 8.25. The van der Waals surface area contributed by atoms with Gasteiger partial charge in [0.05, 0.1) is 35.5 Å². The summed E-state index contributed by atoms with van der Waals surface area (Å²) >= 11 is 0. The molecule has 0 spiro atoms. The maximum Gasteiger partial charge on any atom is 0.0904 e. The van der Waals surface area contributed by atoms with E-state index in [0.29, 0.717) is 0 Å². The van der Waals surface area contributed by atoms with E-state index in [0.717, 1.165) is 0 Å². The lowest BCUT2D eigenvalue weighted by atomic mass is 10.2. The zero-order valence-corrected chi connectivity index (χ0v) is 51.4. The van der Waals surface area contributed by atoms with E-state index in [4.69, 9.17) is 0 Å². The maximum absolute atomic E-state index is 3.46. The fourth-order valence-corrected chi connectivity index (χ4v) is 316. The molecule has 2 aliphatic rings. The quantitative estimate of drug-likeness (QED) is 0.253. The molecule has 2 bridgehead atoms. The minimum atomic E-state index is -2.81. The molecule has 0 N–H and O–H groups in total. The fourth-order valence-electron chi connectivity index (χ4n) is 16.4. The molecule has 2 heterocycles. The number of rotatable bonds is 6. The van der Waals surface area contributed by atoms with Crippen LogP contribution in [0, 0.1) is 0 Å². The van der Waals surface area contributed by atoms with E-state index in [-0.39, 0.29) is 40.3 Å². The molecular formula is C52H96Si7. The van der Waals surface area contributed by atoms with E-state index in [1.165, 1.54) is 0 Å². The Morgan fingerprint density at radius 2 is 0.475 bits per heavy atom. The summed E-state index contributed by atoms with van der Waals surface area (Å²) in [7, 11) is -15.6. The van der Waals surface area contributed by atoms with Crippen LogP contribution in [-0.2, 0) is 0 Å². The van der Waals surface area contributed by atoms with Gasteiger partial charge in [-0.2, -0.15) is 0 Å². The minimum absolute atomic E-state index is 0.175. The van der Waals surface area contributed by atoms with Gasteiger partial charge < -0.3 is 0 Å². The first-order valence-electron chi connectivity index (χ1n) is 23.5. The molecule has 2 aromatic rings. The third-order valence-electron chi connectivity index (χ3n) is 20.0. The van der Waals surface area contributed by atoms with Crippen LogP contribution in [0.1, 0.15) is 177 Å². The Hall–Kier alpha value is -0.562. The minimum Gasteiger partial charge on any atom is -0.0950 e. The van der Waals surface area contributed by atoms with Gasteiger partial charge >= 0.3 is 0 Å². The summed E-state index contributed by atoms with van der Waals surface area (Å²) in [5, 5.41) is 5.40. The van der Waals surface area contributed by atoms with Crippen molar-refractivity contribution >= 4 is 61.1 Å². The Labute approximate surface area is 374 Å². The van der Waals surface area contributed by atoms with Crippen molar-refractivity contribution in [3.8, 4) is 0 Å². The summed E-state index contributed by atoms with van der Waals surface area (Å²) in [5.41, 5.74) is 10.1.